The maximum Gasteiger partial charge on any atom is 0.255 e. The minimum absolute atomic E-state index is 0.200. The summed E-state index contributed by atoms with van der Waals surface area (Å²) in [5, 5.41) is 2.85. The third-order valence-corrected chi connectivity index (χ3v) is 3.25. The molecule has 0 saturated heterocycles. The van der Waals surface area contributed by atoms with Crippen molar-refractivity contribution < 1.29 is 19.0 Å². The Morgan fingerprint density at radius 2 is 1.80 bits per heavy atom. The number of hydrogen-bond donors (Lipinski definition) is 1. The second kappa shape index (κ2) is 9.49. The molecule has 0 heterocycles. The Labute approximate surface area is 148 Å². The Balaban J connectivity index is 1.95. The third kappa shape index (κ3) is 6.31. The molecule has 0 unspecified atom stereocenters. The van der Waals surface area contributed by atoms with Gasteiger partial charge in [-0.3, -0.25) is 4.79 Å². The van der Waals surface area contributed by atoms with Crippen LogP contribution in [-0.4, -0.2) is 32.8 Å². The molecule has 1 N–H and O–H groups in total. The van der Waals surface area contributed by atoms with Crippen LogP contribution in [0.15, 0.2) is 60.7 Å². The van der Waals surface area contributed by atoms with Crippen molar-refractivity contribution in [1.29, 1.82) is 0 Å². The molecule has 2 rings (SSSR count). The van der Waals surface area contributed by atoms with Crippen molar-refractivity contribution in [2.45, 2.75) is 6.92 Å². The van der Waals surface area contributed by atoms with Crippen molar-refractivity contribution in [3.63, 3.8) is 0 Å². The maximum atomic E-state index is 12.4. The fraction of sp³-hybridized carbons (Fsp3) is 0.250. The van der Waals surface area contributed by atoms with Gasteiger partial charge in [-0.05, 0) is 55.0 Å². The van der Waals surface area contributed by atoms with Gasteiger partial charge in [-0.15, -0.1) is 0 Å². The number of nitrogens with one attached hydrogen (secondary N) is 1. The molecule has 5 nitrogen and oxygen atoms in total. The van der Waals surface area contributed by atoms with E-state index in [9.17, 15) is 4.79 Å². The molecular formula is C20H23NO4. The van der Waals surface area contributed by atoms with Crippen LogP contribution in [-0.2, 0) is 4.74 Å². The quantitative estimate of drug-likeness (QED) is 0.555. The second-order valence-corrected chi connectivity index (χ2v) is 5.59. The molecule has 0 aliphatic rings. The zero-order valence-corrected chi connectivity index (χ0v) is 14.6. The molecule has 0 atom stereocenters. The number of anilines is 1. The van der Waals surface area contributed by atoms with E-state index in [1.165, 1.54) is 0 Å². The van der Waals surface area contributed by atoms with Gasteiger partial charge in [0.1, 0.15) is 24.7 Å². The molecule has 0 fully saturated rings. The van der Waals surface area contributed by atoms with Crippen molar-refractivity contribution in [3.8, 4) is 11.5 Å². The van der Waals surface area contributed by atoms with Crippen LogP contribution in [0.2, 0.25) is 0 Å². The molecule has 1 amide bonds. The highest BCUT2D eigenvalue weighted by molar-refractivity contribution is 6.04. The first-order chi connectivity index (χ1) is 12.1. The highest BCUT2D eigenvalue weighted by Crippen LogP contribution is 2.18. The molecule has 132 valence electrons. The molecule has 0 aliphatic carbocycles. The van der Waals surface area contributed by atoms with Crippen molar-refractivity contribution in [3.05, 3.63) is 66.2 Å². The van der Waals surface area contributed by atoms with Crippen LogP contribution in [0, 0.1) is 0 Å². The van der Waals surface area contributed by atoms with Crippen molar-refractivity contribution in [1.82, 2.24) is 0 Å². The number of rotatable bonds is 9. The summed E-state index contributed by atoms with van der Waals surface area (Å²) in [6.45, 7) is 7.12. The van der Waals surface area contributed by atoms with Gasteiger partial charge < -0.3 is 19.5 Å². The maximum absolute atomic E-state index is 12.4. The zero-order valence-electron chi connectivity index (χ0n) is 14.6. The van der Waals surface area contributed by atoms with Crippen LogP contribution in [0.3, 0.4) is 0 Å². The van der Waals surface area contributed by atoms with Gasteiger partial charge in [0, 0.05) is 18.4 Å². The topological polar surface area (TPSA) is 56.8 Å². The number of ether oxygens (including phenoxy) is 3. The van der Waals surface area contributed by atoms with E-state index >= 15 is 0 Å². The van der Waals surface area contributed by atoms with Gasteiger partial charge in [-0.2, -0.15) is 0 Å². The lowest BCUT2D eigenvalue weighted by Gasteiger charge is -2.10. The molecule has 0 aliphatic heterocycles. The van der Waals surface area contributed by atoms with E-state index in [2.05, 4.69) is 11.9 Å². The standard InChI is InChI=1S/C20H23NO4/c1-15(2)14-25-19-6-4-5-16(13-19)20(22)21-17-7-9-18(10-8-17)24-12-11-23-3/h4-10,13H,1,11-12,14H2,2-3H3,(H,21,22). The van der Waals surface area contributed by atoms with Gasteiger partial charge in [0.25, 0.3) is 5.91 Å². The molecule has 2 aromatic rings. The van der Waals surface area contributed by atoms with Crippen LogP contribution in [0.1, 0.15) is 17.3 Å². The molecule has 0 radical (unpaired) electrons. The molecule has 0 spiro atoms. The number of methoxy groups -OCH3 is 1. The molecule has 0 saturated carbocycles. The first-order valence-electron chi connectivity index (χ1n) is 7.99. The summed E-state index contributed by atoms with van der Waals surface area (Å²) in [7, 11) is 1.63. The lowest BCUT2D eigenvalue weighted by molar-refractivity contribution is 0.102. The van der Waals surface area contributed by atoms with Gasteiger partial charge in [0.15, 0.2) is 0 Å². The summed E-state index contributed by atoms with van der Waals surface area (Å²) in [6, 6.07) is 14.2. The van der Waals surface area contributed by atoms with E-state index in [-0.39, 0.29) is 5.91 Å². The lowest BCUT2D eigenvalue weighted by Crippen LogP contribution is -2.12. The normalized spacial score (nSPS) is 10.2. The Morgan fingerprint density at radius 3 is 2.48 bits per heavy atom. The molecule has 0 aromatic heterocycles. The summed E-state index contributed by atoms with van der Waals surface area (Å²) in [4.78, 5) is 12.4. The fourth-order valence-electron chi connectivity index (χ4n) is 2.01. The number of carbonyl (C=O) groups excluding carboxylic acids is 1. The summed E-state index contributed by atoms with van der Waals surface area (Å²) < 4.78 is 16.0. The largest absolute Gasteiger partial charge is 0.491 e. The third-order valence-electron chi connectivity index (χ3n) is 3.25. The van der Waals surface area contributed by atoms with Crippen LogP contribution >= 0.6 is 0 Å². The first-order valence-corrected chi connectivity index (χ1v) is 7.99. The van der Waals surface area contributed by atoms with E-state index in [4.69, 9.17) is 14.2 Å². The van der Waals surface area contributed by atoms with Crippen LogP contribution in [0.25, 0.3) is 0 Å². The van der Waals surface area contributed by atoms with Gasteiger partial charge in [-0.25, -0.2) is 0 Å². The number of benzene rings is 2. The van der Waals surface area contributed by atoms with Crippen LogP contribution in [0.5, 0.6) is 11.5 Å². The average molecular weight is 341 g/mol. The van der Waals surface area contributed by atoms with E-state index < -0.39 is 0 Å². The van der Waals surface area contributed by atoms with Crippen molar-refractivity contribution >= 4 is 11.6 Å². The first kappa shape index (κ1) is 18.5. The van der Waals surface area contributed by atoms with Gasteiger partial charge in [0.05, 0.1) is 6.61 Å². The SMILES string of the molecule is C=C(C)COc1cccc(C(=O)Nc2ccc(OCCOC)cc2)c1. The molecular weight excluding hydrogens is 318 g/mol. The van der Waals surface area contributed by atoms with E-state index in [0.717, 1.165) is 11.3 Å². The predicted molar refractivity (Wildman–Crippen MR) is 98.5 cm³/mol. The predicted octanol–water partition coefficient (Wildman–Crippen LogP) is 3.92. The Morgan fingerprint density at radius 1 is 1.04 bits per heavy atom. The molecule has 5 heteroatoms. The van der Waals surface area contributed by atoms with E-state index in [0.29, 0.717) is 36.8 Å². The Kier molecular flexibility index (Phi) is 7.04. The molecule has 25 heavy (non-hydrogen) atoms. The van der Waals surface area contributed by atoms with Gasteiger partial charge >= 0.3 is 0 Å². The van der Waals surface area contributed by atoms with Crippen molar-refractivity contribution in [2.75, 3.05) is 32.2 Å². The van der Waals surface area contributed by atoms with Gasteiger partial charge in [-0.1, -0.05) is 12.6 Å². The highest BCUT2D eigenvalue weighted by atomic mass is 16.5. The van der Waals surface area contributed by atoms with Crippen LogP contribution in [0.4, 0.5) is 5.69 Å². The van der Waals surface area contributed by atoms with Crippen LogP contribution < -0.4 is 14.8 Å². The van der Waals surface area contributed by atoms with E-state index in [1.807, 2.05) is 13.0 Å². The number of amides is 1. The fourth-order valence-corrected chi connectivity index (χ4v) is 2.01. The summed E-state index contributed by atoms with van der Waals surface area (Å²) >= 11 is 0. The summed E-state index contributed by atoms with van der Waals surface area (Å²) in [5.41, 5.74) is 2.14. The summed E-state index contributed by atoms with van der Waals surface area (Å²) in [6.07, 6.45) is 0. The number of hydrogen-bond acceptors (Lipinski definition) is 4. The van der Waals surface area contributed by atoms with E-state index in [1.54, 1.807) is 49.6 Å². The smallest absolute Gasteiger partial charge is 0.255 e. The average Bonchev–Trinajstić information content (AvgIpc) is 2.62. The molecule has 0 bridgehead atoms. The Hall–Kier alpha value is -2.79. The zero-order chi connectivity index (χ0) is 18.1. The summed E-state index contributed by atoms with van der Waals surface area (Å²) in [5.74, 6) is 1.16. The monoisotopic (exact) mass is 341 g/mol. The second-order valence-electron chi connectivity index (χ2n) is 5.59. The van der Waals surface area contributed by atoms with Gasteiger partial charge in [0.2, 0.25) is 0 Å². The minimum Gasteiger partial charge on any atom is -0.491 e. The number of carbonyl (C=O) groups is 1. The van der Waals surface area contributed by atoms with Crippen molar-refractivity contribution in [2.24, 2.45) is 0 Å². The molecule has 2 aromatic carbocycles. The lowest BCUT2D eigenvalue weighted by atomic mass is 10.2. The Bertz CT molecular complexity index is 710. The highest BCUT2D eigenvalue weighted by Gasteiger charge is 2.08. The minimum atomic E-state index is -0.200.